The van der Waals surface area contributed by atoms with E-state index in [0.29, 0.717) is 0 Å². The predicted octanol–water partition coefficient (Wildman–Crippen LogP) is 1.40. The zero-order chi connectivity index (χ0) is 10.6. The monoisotopic (exact) mass is 194 g/mol. The Morgan fingerprint density at radius 3 is 2.71 bits per heavy atom. The van der Waals surface area contributed by atoms with Crippen LogP contribution in [0.3, 0.4) is 0 Å². The van der Waals surface area contributed by atoms with Crippen LogP contribution < -0.4 is 10.6 Å². The Labute approximate surface area is 85.2 Å². The van der Waals surface area contributed by atoms with Gasteiger partial charge in [-0.3, -0.25) is 0 Å². The molecule has 3 heteroatoms. The molecule has 0 fully saturated rings. The van der Waals surface area contributed by atoms with Crippen LogP contribution in [0.15, 0.2) is 18.2 Å². The molecule has 1 aromatic rings. The highest BCUT2D eigenvalue weighted by Gasteiger charge is 2.01. The van der Waals surface area contributed by atoms with E-state index in [4.69, 9.17) is 10.8 Å². The normalized spacial score (nSPS) is 10.2. The van der Waals surface area contributed by atoms with E-state index in [9.17, 15) is 0 Å². The third kappa shape index (κ3) is 2.64. The predicted molar refractivity (Wildman–Crippen MR) is 60.6 cm³/mol. The van der Waals surface area contributed by atoms with Crippen LogP contribution in [0.1, 0.15) is 12.0 Å². The molecule has 0 aliphatic heterocycles. The second kappa shape index (κ2) is 4.86. The van der Waals surface area contributed by atoms with Gasteiger partial charge in [-0.1, -0.05) is 0 Å². The molecule has 0 aliphatic rings. The van der Waals surface area contributed by atoms with E-state index >= 15 is 0 Å². The molecule has 0 heterocycles. The lowest BCUT2D eigenvalue weighted by molar-refractivity contribution is 0.290. The standard InChI is InChI=1S/C11H18N2O/c1-9-8-10(4-5-11(9)12)13(2)6-3-7-14/h4-5,8,14H,3,6-7,12H2,1-2H3. The molecule has 0 aromatic heterocycles. The van der Waals surface area contributed by atoms with E-state index in [1.165, 1.54) is 0 Å². The number of anilines is 2. The number of nitrogens with zero attached hydrogens (tertiary/aromatic N) is 1. The molecule has 0 bridgehead atoms. The van der Waals surface area contributed by atoms with Crippen LogP contribution in [-0.2, 0) is 0 Å². The van der Waals surface area contributed by atoms with Crippen molar-refractivity contribution in [3.05, 3.63) is 23.8 Å². The van der Waals surface area contributed by atoms with Gasteiger partial charge in [-0.25, -0.2) is 0 Å². The van der Waals surface area contributed by atoms with Gasteiger partial charge in [0.25, 0.3) is 0 Å². The van der Waals surface area contributed by atoms with Gasteiger partial charge in [0.15, 0.2) is 0 Å². The maximum atomic E-state index is 8.71. The fourth-order valence-electron chi connectivity index (χ4n) is 1.33. The van der Waals surface area contributed by atoms with Crippen molar-refractivity contribution >= 4 is 11.4 Å². The number of nitrogens with two attached hydrogens (primary N) is 1. The lowest BCUT2D eigenvalue weighted by Gasteiger charge is -2.19. The van der Waals surface area contributed by atoms with E-state index in [0.717, 1.165) is 29.9 Å². The van der Waals surface area contributed by atoms with Crippen LogP contribution in [0.4, 0.5) is 11.4 Å². The summed E-state index contributed by atoms with van der Waals surface area (Å²) in [4.78, 5) is 2.11. The molecule has 14 heavy (non-hydrogen) atoms. The zero-order valence-corrected chi connectivity index (χ0v) is 8.83. The zero-order valence-electron chi connectivity index (χ0n) is 8.83. The molecule has 1 aromatic carbocycles. The van der Waals surface area contributed by atoms with Gasteiger partial charge in [-0.2, -0.15) is 0 Å². The summed E-state index contributed by atoms with van der Waals surface area (Å²) in [5.41, 5.74) is 8.79. The highest BCUT2D eigenvalue weighted by atomic mass is 16.3. The van der Waals surface area contributed by atoms with Crippen molar-refractivity contribution in [3.63, 3.8) is 0 Å². The van der Waals surface area contributed by atoms with Gasteiger partial charge in [-0.05, 0) is 37.1 Å². The summed E-state index contributed by atoms with van der Waals surface area (Å²) < 4.78 is 0. The molecule has 0 saturated carbocycles. The number of aliphatic hydroxyl groups is 1. The van der Waals surface area contributed by atoms with Crippen molar-refractivity contribution in [2.45, 2.75) is 13.3 Å². The van der Waals surface area contributed by atoms with Crippen LogP contribution in [0, 0.1) is 6.92 Å². The Morgan fingerprint density at radius 2 is 2.14 bits per heavy atom. The van der Waals surface area contributed by atoms with Crippen molar-refractivity contribution in [2.75, 3.05) is 30.8 Å². The number of aliphatic hydroxyl groups excluding tert-OH is 1. The molecule has 1 rings (SSSR count). The van der Waals surface area contributed by atoms with Crippen LogP contribution >= 0.6 is 0 Å². The quantitative estimate of drug-likeness (QED) is 0.712. The topological polar surface area (TPSA) is 49.5 Å². The number of hydrogen-bond donors (Lipinski definition) is 2. The third-order valence-corrected chi connectivity index (χ3v) is 2.35. The first-order valence-corrected chi connectivity index (χ1v) is 4.83. The number of nitrogen functional groups attached to an aromatic ring is 1. The molecule has 0 saturated heterocycles. The first-order valence-electron chi connectivity index (χ1n) is 4.83. The molecular weight excluding hydrogens is 176 g/mol. The first-order chi connectivity index (χ1) is 6.65. The summed E-state index contributed by atoms with van der Waals surface area (Å²) in [6.45, 7) is 3.09. The van der Waals surface area contributed by atoms with E-state index in [1.807, 2.05) is 26.1 Å². The maximum absolute atomic E-state index is 8.71. The van der Waals surface area contributed by atoms with Gasteiger partial charge < -0.3 is 15.7 Å². The summed E-state index contributed by atoms with van der Waals surface area (Å²) in [6.07, 6.45) is 0.792. The SMILES string of the molecule is Cc1cc(N(C)CCCO)ccc1N. The molecule has 0 amide bonds. The van der Waals surface area contributed by atoms with Crippen molar-refractivity contribution in [3.8, 4) is 0 Å². The lowest BCUT2D eigenvalue weighted by Crippen LogP contribution is -2.19. The minimum Gasteiger partial charge on any atom is -0.399 e. The molecule has 0 atom stereocenters. The number of hydrogen-bond acceptors (Lipinski definition) is 3. The third-order valence-electron chi connectivity index (χ3n) is 2.35. The Balaban J connectivity index is 2.70. The summed E-state index contributed by atoms with van der Waals surface area (Å²) in [6, 6.07) is 5.98. The molecular formula is C11H18N2O. The van der Waals surface area contributed by atoms with E-state index in [2.05, 4.69) is 11.0 Å². The van der Waals surface area contributed by atoms with E-state index in [-0.39, 0.29) is 6.61 Å². The molecule has 0 spiro atoms. The van der Waals surface area contributed by atoms with Crippen molar-refractivity contribution in [1.29, 1.82) is 0 Å². The summed E-state index contributed by atoms with van der Waals surface area (Å²) >= 11 is 0. The van der Waals surface area contributed by atoms with Crippen LogP contribution in [0.25, 0.3) is 0 Å². The van der Waals surface area contributed by atoms with Gasteiger partial charge in [0.05, 0.1) is 0 Å². The number of aryl methyl sites for hydroxylation is 1. The van der Waals surface area contributed by atoms with Gasteiger partial charge in [0, 0.05) is 31.6 Å². The average molecular weight is 194 g/mol. The fourth-order valence-corrected chi connectivity index (χ4v) is 1.33. The number of benzene rings is 1. The van der Waals surface area contributed by atoms with Crippen LogP contribution in [0.5, 0.6) is 0 Å². The fraction of sp³-hybridized carbons (Fsp3) is 0.455. The smallest absolute Gasteiger partial charge is 0.0447 e. The average Bonchev–Trinajstić information content (AvgIpc) is 2.18. The minimum atomic E-state index is 0.234. The number of rotatable bonds is 4. The molecule has 3 N–H and O–H groups in total. The Hall–Kier alpha value is -1.22. The molecule has 3 nitrogen and oxygen atoms in total. The van der Waals surface area contributed by atoms with Gasteiger partial charge >= 0.3 is 0 Å². The van der Waals surface area contributed by atoms with Gasteiger partial charge in [0.2, 0.25) is 0 Å². The van der Waals surface area contributed by atoms with Crippen molar-refractivity contribution in [1.82, 2.24) is 0 Å². The lowest BCUT2D eigenvalue weighted by atomic mass is 10.1. The second-order valence-electron chi connectivity index (χ2n) is 3.54. The highest BCUT2D eigenvalue weighted by Crippen LogP contribution is 2.19. The largest absolute Gasteiger partial charge is 0.399 e. The Kier molecular flexibility index (Phi) is 3.77. The van der Waals surface area contributed by atoms with Crippen molar-refractivity contribution in [2.24, 2.45) is 0 Å². The van der Waals surface area contributed by atoms with Gasteiger partial charge in [0.1, 0.15) is 0 Å². The van der Waals surface area contributed by atoms with Crippen LogP contribution in [-0.4, -0.2) is 25.3 Å². The first kappa shape index (κ1) is 10.9. The van der Waals surface area contributed by atoms with E-state index < -0.39 is 0 Å². The van der Waals surface area contributed by atoms with Gasteiger partial charge in [-0.15, -0.1) is 0 Å². The Bertz CT molecular complexity index is 299. The highest BCUT2D eigenvalue weighted by molar-refractivity contribution is 5.57. The molecule has 78 valence electrons. The van der Waals surface area contributed by atoms with Crippen LogP contribution in [0.2, 0.25) is 0 Å². The molecule has 0 aliphatic carbocycles. The minimum absolute atomic E-state index is 0.234. The molecule has 0 radical (unpaired) electrons. The summed E-state index contributed by atoms with van der Waals surface area (Å²) in [5.74, 6) is 0. The van der Waals surface area contributed by atoms with E-state index in [1.54, 1.807) is 0 Å². The Morgan fingerprint density at radius 1 is 1.43 bits per heavy atom. The maximum Gasteiger partial charge on any atom is 0.0447 e. The second-order valence-corrected chi connectivity index (χ2v) is 3.54. The summed E-state index contributed by atoms with van der Waals surface area (Å²) in [5, 5.41) is 8.71. The summed E-state index contributed by atoms with van der Waals surface area (Å²) in [7, 11) is 2.01. The van der Waals surface area contributed by atoms with Crippen molar-refractivity contribution < 1.29 is 5.11 Å². The molecule has 0 unspecified atom stereocenters.